The third kappa shape index (κ3) is 4.85. The molecule has 0 saturated carbocycles. The van der Waals surface area contributed by atoms with Gasteiger partial charge in [-0.1, -0.05) is 48.5 Å². The fourth-order valence-electron chi connectivity index (χ4n) is 2.76. The van der Waals surface area contributed by atoms with Crippen molar-refractivity contribution < 1.29 is 27.8 Å². The molecule has 0 aliphatic heterocycles. The van der Waals surface area contributed by atoms with Gasteiger partial charge in [-0.05, 0) is 40.1 Å². The van der Waals surface area contributed by atoms with Crippen molar-refractivity contribution in [1.82, 2.24) is 0 Å². The summed E-state index contributed by atoms with van der Waals surface area (Å²) in [4.78, 5) is 12.0. The number of fused-ring (bicyclic) bond motifs is 1. The molecule has 144 valence electrons. The number of ether oxygens (including phenoxy) is 3. The molecule has 0 spiro atoms. The first kappa shape index (κ1) is 19.4. The summed E-state index contributed by atoms with van der Waals surface area (Å²) in [6.07, 6.45) is 2.79. The molecular formula is C22H18F2O4. The molecule has 0 aliphatic rings. The van der Waals surface area contributed by atoms with Gasteiger partial charge in [0.05, 0.1) is 7.11 Å². The largest absolute Gasteiger partial charge is 0.493 e. The van der Waals surface area contributed by atoms with Crippen LogP contribution in [-0.4, -0.2) is 19.7 Å². The maximum Gasteiger partial charge on any atom is 0.387 e. The highest BCUT2D eigenvalue weighted by atomic mass is 19.3. The second-order valence-electron chi connectivity index (χ2n) is 5.87. The molecule has 0 unspecified atom stereocenters. The molecule has 0 heterocycles. The average molecular weight is 384 g/mol. The standard InChI is InChI=1S/C22H18F2O4/c1-26-20-13-15(9-11-19(20)28-22(23)24)10-12-21(25)27-14-17-7-4-6-16-5-2-3-8-18(16)17/h2-13,22H,14H2,1H3. The number of benzene rings is 3. The number of hydrogen-bond acceptors (Lipinski definition) is 4. The van der Waals surface area contributed by atoms with Gasteiger partial charge in [0.15, 0.2) is 11.5 Å². The fraction of sp³-hybridized carbons (Fsp3) is 0.136. The van der Waals surface area contributed by atoms with Crippen LogP contribution in [-0.2, 0) is 16.1 Å². The minimum atomic E-state index is -2.95. The predicted molar refractivity (Wildman–Crippen MR) is 102 cm³/mol. The molecule has 28 heavy (non-hydrogen) atoms. The number of carbonyl (C=O) groups is 1. The molecule has 4 nitrogen and oxygen atoms in total. The second kappa shape index (κ2) is 8.99. The summed E-state index contributed by atoms with van der Waals surface area (Å²) in [5, 5.41) is 2.10. The van der Waals surface area contributed by atoms with Crippen LogP contribution < -0.4 is 9.47 Å². The molecule has 0 amide bonds. The van der Waals surface area contributed by atoms with Crippen LogP contribution in [0.25, 0.3) is 16.8 Å². The van der Waals surface area contributed by atoms with E-state index in [4.69, 9.17) is 9.47 Å². The van der Waals surface area contributed by atoms with Crippen LogP contribution in [0.15, 0.2) is 66.7 Å². The quantitative estimate of drug-likeness (QED) is 0.415. The van der Waals surface area contributed by atoms with E-state index >= 15 is 0 Å². The Morgan fingerprint density at radius 3 is 2.61 bits per heavy atom. The van der Waals surface area contributed by atoms with Gasteiger partial charge >= 0.3 is 12.6 Å². The number of carbonyl (C=O) groups excluding carboxylic acids is 1. The molecule has 0 aromatic heterocycles. The van der Waals surface area contributed by atoms with E-state index in [1.165, 1.54) is 37.5 Å². The number of hydrogen-bond donors (Lipinski definition) is 0. The van der Waals surface area contributed by atoms with E-state index < -0.39 is 12.6 Å². The molecule has 0 radical (unpaired) electrons. The Kier molecular flexibility index (Phi) is 6.22. The first-order valence-electron chi connectivity index (χ1n) is 8.51. The molecule has 3 aromatic rings. The van der Waals surface area contributed by atoms with Gasteiger partial charge in [0, 0.05) is 6.08 Å². The van der Waals surface area contributed by atoms with Crippen molar-refractivity contribution in [2.45, 2.75) is 13.2 Å². The van der Waals surface area contributed by atoms with Crippen molar-refractivity contribution in [3.63, 3.8) is 0 Å². The zero-order valence-corrected chi connectivity index (χ0v) is 15.1. The third-order valence-corrected chi connectivity index (χ3v) is 4.07. The zero-order chi connectivity index (χ0) is 19.9. The highest BCUT2D eigenvalue weighted by Crippen LogP contribution is 2.29. The van der Waals surface area contributed by atoms with Gasteiger partial charge in [-0.25, -0.2) is 4.79 Å². The molecule has 0 saturated heterocycles. The van der Waals surface area contributed by atoms with E-state index in [1.54, 1.807) is 0 Å². The molecule has 3 aromatic carbocycles. The molecule has 0 fully saturated rings. The van der Waals surface area contributed by atoms with Gasteiger partial charge in [0.25, 0.3) is 0 Å². The lowest BCUT2D eigenvalue weighted by Gasteiger charge is -2.10. The Balaban J connectivity index is 1.65. The number of methoxy groups -OCH3 is 1. The summed E-state index contributed by atoms with van der Waals surface area (Å²) < 4.78 is 39.4. The van der Waals surface area contributed by atoms with Crippen molar-refractivity contribution in [3.05, 3.63) is 77.9 Å². The fourth-order valence-corrected chi connectivity index (χ4v) is 2.76. The highest BCUT2D eigenvalue weighted by Gasteiger charge is 2.10. The molecule has 6 heteroatoms. The van der Waals surface area contributed by atoms with Crippen LogP contribution in [0.4, 0.5) is 8.78 Å². The van der Waals surface area contributed by atoms with E-state index in [0.29, 0.717) is 5.56 Å². The maximum atomic E-state index is 12.4. The van der Waals surface area contributed by atoms with Crippen LogP contribution in [0.5, 0.6) is 11.5 Å². The third-order valence-electron chi connectivity index (χ3n) is 4.07. The van der Waals surface area contributed by atoms with Gasteiger partial charge < -0.3 is 14.2 Å². The number of alkyl halides is 2. The Labute approximate surface area is 161 Å². The molecular weight excluding hydrogens is 366 g/mol. The first-order chi connectivity index (χ1) is 13.6. The van der Waals surface area contributed by atoms with Crippen LogP contribution in [0, 0.1) is 0 Å². The van der Waals surface area contributed by atoms with Gasteiger partial charge in [0.1, 0.15) is 6.61 Å². The summed E-state index contributed by atoms with van der Waals surface area (Å²) in [5.74, 6) is -0.445. The average Bonchev–Trinajstić information content (AvgIpc) is 2.71. The minimum absolute atomic E-state index is 0.0758. The van der Waals surface area contributed by atoms with Crippen molar-refractivity contribution in [2.75, 3.05) is 7.11 Å². The number of rotatable bonds is 7. The van der Waals surface area contributed by atoms with Gasteiger partial charge in [-0.2, -0.15) is 8.78 Å². The minimum Gasteiger partial charge on any atom is -0.493 e. The summed E-state index contributed by atoms with van der Waals surface area (Å²) >= 11 is 0. The van der Waals surface area contributed by atoms with Crippen LogP contribution >= 0.6 is 0 Å². The number of esters is 1. The molecule has 0 aliphatic carbocycles. The normalized spacial score (nSPS) is 11.1. The predicted octanol–water partition coefficient (Wildman–Crippen LogP) is 5.21. The van der Waals surface area contributed by atoms with Crippen molar-refractivity contribution in [2.24, 2.45) is 0 Å². The van der Waals surface area contributed by atoms with E-state index in [-0.39, 0.29) is 18.1 Å². The van der Waals surface area contributed by atoms with Gasteiger partial charge in [-0.3, -0.25) is 0 Å². The lowest BCUT2D eigenvalue weighted by Crippen LogP contribution is -2.03. The van der Waals surface area contributed by atoms with E-state index in [2.05, 4.69) is 4.74 Å². The second-order valence-corrected chi connectivity index (χ2v) is 5.87. The Morgan fingerprint density at radius 2 is 1.82 bits per heavy atom. The SMILES string of the molecule is COc1cc(C=CC(=O)OCc2cccc3ccccc23)ccc1OC(F)F. The molecule has 0 bridgehead atoms. The summed E-state index contributed by atoms with van der Waals surface area (Å²) in [6, 6.07) is 18.1. The summed E-state index contributed by atoms with van der Waals surface area (Å²) in [7, 11) is 1.35. The summed E-state index contributed by atoms with van der Waals surface area (Å²) in [5.41, 5.74) is 1.50. The lowest BCUT2D eigenvalue weighted by atomic mass is 10.1. The van der Waals surface area contributed by atoms with Crippen LogP contribution in [0.2, 0.25) is 0 Å². The van der Waals surface area contributed by atoms with Crippen molar-refractivity contribution in [3.8, 4) is 11.5 Å². The Hall–Kier alpha value is -3.41. The zero-order valence-electron chi connectivity index (χ0n) is 15.1. The lowest BCUT2D eigenvalue weighted by molar-refractivity contribution is -0.138. The van der Waals surface area contributed by atoms with E-state index in [0.717, 1.165) is 16.3 Å². The Bertz CT molecular complexity index is 993. The molecule has 3 rings (SSSR count). The topological polar surface area (TPSA) is 44.8 Å². The van der Waals surface area contributed by atoms with Crippen molar-refractivity contribution >= 4 is 22.8 Å². The van der Waals surface area contributed by atoms with Crippen LogP contribution in [0.3, 0.4) is 0 Å². The smallest absolute Gasteiger partial charge is 0.387 e. The molecule has 0 atom stereocenters. The first-order valence-corrected chi connectivity index (χ1v) is 8.51. The van der Waals surface area contributed by atoms with E-state index in [9.17, 15) is 13.6 Å². The maximum absolute atomic E-state index is 12.4. The summed E-state index contributed by atoms with van der Waals surface area (Å²) in [6.45, 7) is -2.80. The van der Waals surface area contributed by atoms with E-state index in [1.807, 2.05) is 42.5 Å². The number of halogens is 2. The monoisotopic (exact) mass is 384 g/mol. The highest BCUT2D eigenvalue weighted by molar-refractivity contribution is 5.88. The van der Waals surface area contributed by atoms with Gasteiger partial charge in [0.2, 0.25) is 0 Å². The van der Waals surface area contributed by atoms with Crippen molar-refractivity contribution in [1.29, 1.82) is 0 Å². The molecule has 0 N–H and O–H groups in total. The Morgan fingerprint density at radius 1 is 1.04 bits per heavy atom. The van der Waals surface area contributed by atoms with Crippen LogP contribution in [0.1, 0.15) is 11.1 Å². The van der Waals surface area contributed by atoms with Gasteiger partial charge in [-0.15, -0.1) is 0 Å².